The summed E-state index contributed by atoms with van der Waals surface area (Å²) in [5.74, 6) is 2.23. The van der Waals surface area contributed by atoms with Gasteiger partial charge in [0.15, 0.2) is 5.69 Å². The van der Waals surface area contributed by atoms with Crippen molar-refractivity contribution in [3.8, 4) is 0 Å². The molecule has 4 aliphatic carbocycles. The maximum absolute atomic E-state index is 14.0. The molecule has 2 heterocycles. The molecule has 29 heavy (non-hydrogen) atoms. The van der Waals surface area contributed by atoms with Gasteiger partial charge in [-0.2, -0.15) is 18.3 Å². The van der Waals surface area contributed by atoms with E-state index in [9.17, 15) is 18.0 Å². The van der Waals surface area contributed by atoms with Crippen LogP contribution in [-0.4, -0.2) is 27.1 Å². The third-order valence-corrected chi connectivity index (χ3v) is 8.05. The molecule has 0 N–H and O–H groups in total. The van der Waals surface area contributed by atoms with Gasteiger partial charge >= 0.3 is 6.18 Å². The standard InChI is InChI=1S/C22H30F3N3O/c1-27-18(10-19(26-27)22(23,24)25)17-5-3-2-4-6-28(17)20(29)21-11-14-7-15(12-21)9-16(8-14)13-21/h10,14-17H,2-9,11-13H2,1H3/t14?,15?,16?,17-,21?/m0/s1. The molecule has 1 aromatic heterocycles. The fraction of sp³-hybridized carbons (Fsp3) is 0.818. The number of likely N-dealkylation sites (tertiary alicyclic amines) is 1. The summed E-state index contributed by atoms with van der Waals surface area (Å²) in [7, 11) is 1.57. The van der Waals surface area contributed by atoms with Gasteiger partial charge in [-0.3, -0.25) is 9.48 Å². The zero-order valence-electron chi connectivity index (χ0n) is 17.0. The summed E-state index contributed by atoms with van der Waals surface area (Å²) in [6.07, 6.45) is 5.91. The van der Waals surface area contributed by atoms with Crippen molar-refractivity contribution in [1.82, 2.24) is 14.7 Å². The molecule has 4 saturated carbocycles. The van der Waals surface area contributed by atoms with Gasteiger partial charge in [-0.05, 0) is 75.2 Å². The summed E-state index contributed by atoms with van der Waals surface area (Å²) in [6, 6.07) is 0.863. The first-order valence-electron chi connectivity index (χ1n) is 11.2. The summed E-state index contributed by atoms with van der Waals surface area (Å²) >= 11 is 0. The first kappa shape index (κ1) is 19.4. The molecule has 0 spiro atoms. The lowest BCUT2D eigenvalue weighted by molar-refractivity contribution is -0.160. The van der Waals surface area contributed by atoms with Crippen molar-refractivity contribution in [2.24, 2.45) is 30.2 Å². The fourth-order valence-corrected chi connectivity index (χ4v) is 7.27. The van der Waals surface area contributed by atoms with Gasteiger partial charge in [0.2, 0.25) is 5.91 Å². The highest BCUT2D eigenvalue weighted by Gasteiger charge is 2.56. The second-order valence-electron chi connectivity index (χ2n) is 10.1. The van der Waals surface area contributed by atoms with Gasteiger partial charge in [0.1, 0.15) is 0 Å². The normalized spacial score (nSPS) is 37.0. The lowest BCUT2D eigenvalue weighted by Crippen LogP contribution is -2.55. The van der Waals surface area contributed by atoms with Crippen molar-refractivity contribution >= 4 is 5.91 Å². The van der Waals surface area contributed by atoms with E-state index in [0.717, 1.165) is 51.0 Å². The van der Waals surface area contributed by atoms with E-state index < -0.39 is 11.9 Å². The highest BCUT2D eigenvalue weighted by Crippen LogP contribution is 2.61. The van der Waals surface area contributed by atoms with Crippen molar-refractivity contribution in [1.29, 1.82) is 0 Å². The lowest BCUT2D eigenvalue weighted by Gasteiger charge is -2.57. The first-order chi connectivity index (χ1) is 13.7. The van der Waals surface area contributed by atoms with Crippen LogP contribution in [0.2, 0.25) is 0 Å². The molecule has 4 nitrogen and oxygen atoms in total. The van der Waals surface area contributed by atoms with E-state index in [2.05, 4.69) is 5.10 Å². The first-order valence-corrected chi connectivity index (χ1v) is 11.2. The number of aryl methyl sites for hydroxylation is 1. The number of nitrogens with zero attached hydrogens (tertiary/aromatic N) is 3. The Labute approximate surface area is 169 Å². The van der Waals surface area contributed by atoms with Gasteiger partial charge < -0.3 is 4.90 Å². The topological polar surface area (TPSA) is 38.1 Å². The summed E-state index contributed by atoms with van der Waals surface area (Å²) in [6.45, 7) is 0.651. The Balaban J connectivity index is 1.48. The van der Waals surface area contributed by atoms with Gasteiger partial charge in [0.05, 0.1) is 17.2 Å². The van der Waals surface area contributed by atoms with Crippen LogP contribution in [0, 0.1) is 23.2 Å². The number of hydrogen-bond acceptors (Lipinski definition) is 2. The minimum atomic E-state index is -4.46. The number of aromatic nitrogens is 2. The molecule has 4 bridgehead atoms. The molecular formula is C22H30F3N3O. The Hall–Kier alpha value is -1.53. The maximum Gasteiger partial charge on any atom is 0.435 e. The van der Waals surface area contributed by atoms with Crippen LogP contribution < -0.4 is 0 Å². The third-order valence-electron chi connectivity index (χ3n) is 8.05. The SMILES string of the molecule is Cn1nc(C(F)(F)F)cc1[C@@H]1CCCCCN1C(=O)C12CC3CC(CC(C3)C1)C2. The summed E-state index contributed by atoms with van der Waals surface area (Å²) < 4.78 is 41.0. The Morgan fingerprint density at radius 3 is 2.24 bits per heavy atom. The molecule has 1 amide bonds. The largest absolute Gasteiger partial charge is 0.435 e. The average molecular weight is 409 g/mol. The van der Waals surface area contributed by atoms with Crippen LogP contribution in [0.15, 0.2) is 6.07 Å². The molecule has 6 rings (SSSR count). The highest BCUT2D eigenvalue weighted by atomic mass is 19.4. The van der Waals surface area contributed by atoms with Crippen molar-refractivity contribution in [2.45, 2.75) is 76.4 Å². The molecule has 5 aliphatic rings. The minimum absolute atomic E-state index is 0.221. The van der Waals surface area contributed by atoms with E-state index >= 15 is 0 Å². The van der Waals surface area contributed by atoms with Gasteiger partial charge in [0.25, 0.3) is 0 Å². The predicted octanol–water partition coefficient (Wildman–Crippen LogP) is 5.10. The number of alkyl halides is 3. The molecule has 160 valence electrons. The van der Waals surface area contributed by atoms with Crippen LogP contribution in [0.3, 0.4) is 0 Å². The van der Waals surface area contributed by atoms with Crippen molar-refractivity contribution in [2.75, 3.05) is 6.54 Å². The molecule has 1 saturated heterocycles. The number of halogens is 3. The van der Waals surface area contributed by atoms with Crippen LogP contribution in [0.1, 0.15) is 81.6 Å². The molecule has 1 aliphatic heterocycles. The molecule has 1 aromatic rings. The predicted molar refractivity (Wildman–Crippen MR) is 102 cm³/mol. The van der Waals surface area contributed by atoms with Crippen LogP contribution >= 0.6 is 0 Å². The zero-order chi connectivity index (χ0) is 20.4. The lowest BCUT2D eigenvalue weighted by atomic mass is 9.49. The van der Waals surface area contributed by atoms with E-state index in [4.69, 9.17) is 0 Å². The number of rotatable bonds is 2. The van der Waals surface area contributed by atoms with Gasteiger partial charge in [-0.15, -0.1) is 0 Å². The van der Waals surface area contributed by atoms with Crippen LogP contribution in [0.25, 0.3) is 0 Å². The Morgan fingerprint density at radius 2 is 1.69 bits per heavy atom. The monoisotopic (exact) mass is 409 g/mol. The van der Waals surface area contributed by atoms with Crippen molar-refractivity contribution < 1.29 is 18.0 Å². The minimum Gasteiger partial charge on any atom is -0.334 e. The summed E-state index contributed by atoms with van der Waals surface area (Å²) in [5.41, 5.74) is -0.596. The molecule has 0 radical (unpaired) electrons. The number of hydrogen-bond donors (Lipinski definition) is 0. The van der Waals surface area contributed by atoms with E-state index in [1.165, 1.54) is 23.9 Å². The molecular weight excluding hydrogens is 379 g/mol. The summed E-state index contributed by atoms with van der Waals surface area (Å²) in [5, 5.41) is 3.73. The average Bonchev–Trinajstić information content (AvgIpc) is 2.88. The van der Waals surface area contributed by atoms with E-state index in [-0.39, 0.29) is 17.4 Å². The Bertz CT molecular complexity index is 764. The van der Waals surface area contributed by atoms with Crippen molar-refractivity contribution in [3.63, 3.8) is 0 Å². The highest BCUT2D eigenvalue weighted by molar-refractivity contribution is 5.83. The van der Waals surface area contributed by atoms with Crippen LogP contribution in [0.5, 0.6) is 0 Å². The number of carbonyl (C=O) groups excluding carboxylic acids is 1. The van der Waals surface area contributed by atoms with Gasteiger partial charge in [-0.25, -0.2) is 0 Å². The molecule has 0 unspecified atom stereocenters. The second-order valence-corrected chi connectivity index (χ2v) is 10.1. The van der Waals surface area contributed by atoms with E-state index in [1.807, 2.05) is 4.90 Å². The van der Waals surface area contributed by atoms with Crippen LogP contribution in [-0.2, 0) is 18.0 Å². The van der Waals surface area contributed by atoms with Crippen molar-refractivity contribution in [3.05, 3.63) is 17.5 Å². The van der Waals surface area contributed by atoms with Crippen LogP contribution in [0.4, 0.5) is 13.2 Å². The molecule has 1 atom stereocenters. The fourth-order valence-electron chi connectivity index (χ4n) is 7.27. The molecule has 7 heteroatoms. The molecule has 5 fully saturated rings. The van der Waals surface area contributed by atoms with Gasteiger partial charge in [-0.1, -0.05) is 12.8 Å². The molecule has 0 aromatic carbocycles. The number of carbonyl (C=O) groups is 1. The smallest absolute Gasteiger partial charge is 0.334 e. The van der Waals surface area contributed by atoms with Gasteiger partial charge in [0, 0.05) is 13.6 Å². The Morgan fingerprint density at radius 1 is 1.07 bits per heavy atom. The Kier molecular flexibility index (Phi) is 4.52. The maximum atomic E-state index is 14.0. The zero-order valence-corrected chi connectivity index (χ0v) is 17.0. The summed E-state index contributed by atoms with van der Waals surface area (Å²) in [4.78, 5) is 15.9. The third kappa shape index (κ3) is 3.28. The van der Waals surface area contributed by atoms with E-state index in [1.54, 1.807) is 7.05 Å². The number of amides is 1. The quantitative estimate of drug-likeness (QED) is 0.682. The second kappa shape index (κ2) is 6.74. The van der Waals surface area contributed by atoms with E-state index in [0.29, 0.717) is 30.0 Å².